The molecule has 8 heteroatoms. The van der Waals surface area contributed by atoms with Crippen molar-refractivity contribution < 1.29 is 19.4 Å². The molecule has 0 radical (unpaired) electrons. The van der Waals surface area contributed by atoms with Crippen LogP contribution >= 0.6 is 23.2 Å². The van der Waals surface area contributed by atoms with Crippen LogP contribution in [0.25, 0.3) is 5.76 Å². The lowest BCUT2D eigenvalue weighted by Gasteiger charge is -2.26. The minimum atomic E-state index is -0.779. The van der Waals surface area contributed by atoms with Gasteiger partial charge >= 0.3 is 0 Å². The monoisotopic (exact) mass is 488 g/mol. The molecule has 2 aromatic rings. The van der Waals surface area contributed by atoms with Gasteiger partial charge in [-0.15, -0.1) is 0 Å². The molecule has 0 aliphatic carbocycles. The van der Waals surface area contributed by atoms with Crippen molar-refractivity contribution in [2.75, 3.05) is 33.8 Å². The zero-order valence-electron chi connectivity index (χ0n) is 18.6. The number of rotatable bonds is 9. The van der Waals surface area contributed by atoms with E-state index in [1.165, 1.54) is 4.90 Å². The van der Waals surface area contributed by atoms with E-state index in [2.05, 4.69) is 6.58 Å². The fraction of sp³-hybridized carbons (Fsp3) is 0.280. The summed E-state index contributed by atoms with van der Waals surface area (Å²) in [4.78, 5) is 29.5. The maximum Gasteiger partial charge on any atom is 0.295 e. The van der Waals surface area contributed by atoms with Gasteiger partial charge in [0.1, 0.15) is 18.1 Å². The van der Waals surface area contributed by atoms with E-state index in [-0.39, 0.29) is 11.3 Å². The number of Topliss-reactive ketones (excluding diaryl/α,β-unsaturated/α-hetero) is 1. The first-order valence-corrected chi connectivity index (χ1v) is 11.2. The van der Waals surface area contributed by atoms with Crippen molar-refractivity contribution in [1.29, 1.82) is 0 Å². The smallest absolute Gasteiger partial charge is 0.295 e. The summed E-state index contributed by atoms with van der Waals surface area (Å²) in [6.07, 6.45) is 2.29. The Hall–Kier alpha value is -2.80. The second-order valence-corrected chi connectivity index (χ2v) is 8.76. The number of hydrogen-bond donors (Lipinski definition) is 1. The molecule has 2 aromatic carbocycles. The van der Waals surface area contributed by atoms with Gasteiger partial charge in [-0.1, -0.05) is 41.9 Å². The molecule has 1 aliphatic heterocycles. The number of ketones is 1. The number of carbonyl (C=O) groups is 2. The average Bonchev–Trinajstić information content (AvgIpc) is 3.04. The molecule has 0 spiro atoms. The number of benzene rings is 2. The van der Waals surface area contributed by atoms with Crippen molar-refractivity contribution in [3.05, 3.63) is 81.9 Å². The van der Waals surface area contributed by atoms with Crippen LogP contribution in [-0.2, 0) is 9.59 Å². The Labute approximate surface area is 203 Å². The van der Waals surface area contributed by atoms with Gasteiger partial charge in [-0.05, 0) is 69.0 Å². The second-order valence-electron chi connectivity index (χ2n) is 7.95. The van der Waals surface area contributed by atoms with E-state index in [0.29, 0.717) is 46.5 Å². The minimum absolute atomic E-state index is 0.0167. The Morgan fingerprint density at radius 3 is 2.45 bits per heavy atom. The van der Waals surface area contributed by atoms with Gasteiger partial charge in [-0.3, -0.25) is 9.59 Å². The SMILES string of the molecule is C=CCOc1ccc(/C(O)=C2\C(=O)C(=O)N(CCCN(C)C)[C@@H]2c2ccc(Cl)c(Cl)c2)cc1. The number of halogens is 2. The van der Waals surface area contributed by atoms with Crippen LogP contribution in [0.2, 0.25) is 10.0 Å². The normalized spacial score (nSPS) is 17.6. The highest BCUT2D eigenvalue weighted by Gasteiger charge is 2.45. The number of likely N-dealkylation sites (tertiary alicyclic amines) is 1. The van der Waals surface area contributed by atoms with Crippen molar-refractivity contribution in [2.45, 2.75) is 12.5 Å². The largest absolute Gasteiger partial charge is 0.507 e. The Morgan fingerprint density at radius 1 is 1.15 bits per heavy atom. The summed E-state index contributed by atoms with van der Waals surface area (Å²) in [7, 11) is 3.87. The molecular formula is C25H26Cl2N2O4. The number of hydrogen-bond acceptors (Lipinski definition) is 5. The second kappa shape index (κ2) is 10.9. The summed E-state index contributed by atoms with van der Waals surface area (Å²) >= 11 is 12.3. The molecule has 1 saturated heterocycles. The average molecular weight is 489 g/mol. The molecule has 3 rings (SSSR count). The van der Waals surface area contributed by atoms with E-state index in [1.54, 1.807) is 48.5 Å². The van der Waals surface area contributed by atoms with Gasteiger partial charge in [0.15, 0.2) is 0 Å². The molecule has 1 N–H and O–H groups in total. The van der Waals surface area contributed by atoms with E-state index in [4.69, 9.17) is 27.9 Å². The van der Waals surface area contributed by atoms with Gasteiger partial charge in [0.05, 0.1) is 21.7 Å². The Morgan fingerprint density at radius 2 is 1.85 bits per heavy atom. The fourth-order valence-electron chi connectivity index (χ4n) is 3.72. The Kier molecular flexibility index (Phi) is 8.19. The highest BCUT2D eigenvalue weighted by atomic mass is 35.5. The molecule has 1 fully saturated rings. The van der Waals surface area contributed by atoms with E-state index in [9.17, 15) is 14.7 Å². The molecule has 0 bridgehead atoms. The van der Waals surface area contributed by atoms with Crippen molar-refractivity contribution in [2.24, 2.45) is 0 Å². The topological polar surface area (TPSA) is 70.1 Å². The lowest BCUT2D eigenvalue weighted by atomic mass is 9.95. The third-order valence-electron chi connectivity index (χ3n) is 5.30. The number of ether oxygens (including phenoxy) is 1. The lowest BCUT2D eigenvalue weighted by molar-refractivity contribution is -0.139. The first-order chi connectivity index (χ1) is 15.7. The van der Waals surface area contributed by atoms with Gasteiger partial charge in [0, 0.05) is 12.1 Å². The molecular weight excluding hydrogens is 463 g/mol. The fourth-order valence-corrected chi connectivity index (χ4v) is 4.02. The lowest BCUT2D eigenvalue weighted by Crippen LogP contribution is -2.32. The maximum atomic E-state index is 13.1. The summed E-state index contributed by atoms with van der Waals surface area (Å²) in [5.41, 5.74) is 1.02. The minimum Gasteiger partial charge on any atom is -0.507 e. The van der Waals surface area contributed by atoms with Crippen LogP contribution in [0.1, 0.15) is 23.6 Å². The van der Waals surface area contributed by atoms with Crippen LogP contribution < -0.4 is 4.74 Å². The summed E-state index contributed by atoms with van der Waals surface area (Å²) in [5, 5.41) is 11.8. The first-order valence-electron chi connectivity index (χ1n) is 10.5. The summed E-state index contributed by atoms with van der Waals surface area (Å²) in [6, 6.07) is 10.8. The van der Waals surface area contributed by atoms with Crippen LogP contribution in [0.15, 0.2) is 60.7 Å². The highest BCUT2D eigenvalue weighted by Crippen LogP contribution is 2.41. The molecule has 174 valence electrons. The Bertz CT molecular complexity index is 1080. The molecule has 1 aliphatic rings. The highest BCUT2D eigenvalue weighted by molar-refractivity contribution is 6.46. The number of aliphatic hydroxyl groups is 1. The van der Waals surface area contributed by atoms with Gasteiger partial charge < -0.3 is 19.6 Å². The van der Waals surface area contributed by atoms with Crippen LogP contribution in [0.5, 0.6) is 5.75 Å². The van der Waals surface area contributed by atoms with Crippen molar-refractivity contribution >= 4 is 40.7 Å². The molecule has 1 atom stereocenters. The van der Waals surface area contributed by atoms with E-state index in [1.807, 2.05) is 19.0 Å². The predicted octanol–water partition coefficient (Wildman–Crippen LogP) is 4.93. The van der Waals surface area contributed by atoms with E-state index in [0.717, 1.165) is 6.54 Å². The molecule has 6 nitrogen and oxygen atoms in total. The maximum absolute atomic E-state index is 13.1. The Balaban J connectivity index is 2.05. The standard InChI is InChI=1S/C25H26Cl2N2O4/c1-4-14-33-18-9-6-16(7-10-18)23(30)21-22(17-8-11-19(26)20(27)15-17)29(25(32)24(21)31)13-5-12-28(2)3/h4,6-11,15,22,30H,1,5,12-14H2,2-3H3/b23-21+/t22-/m1/s1. The van der Waals surface area contributed by atoms with Crippen molar-refractivity contribution in [1.82, 2.24) is 9.80 Å². The van der Waals surface area contributed by atoms with Gasteiger partial charge in [-0.25, -0.2) is 0 Å². The van der Waals surface area contributed by atoms with Crippen LogP contribution in [0, 0.1) is 0 Å². The molecule has 0 unspecified atom stereocenters. The first kappa shape index (κ1) is 24.8. The molecule has 1 amide bonds. The molecule has 33 heavy (non-hydrogen) atoms. The molecule has 1 heterocycles. The van der Waals surface area contributed by atoms with Crippen molar-refractivity contribution in [3.63, 3.8) is 0 Å². The number of carbonyl (C=O) groups excluding carboxylic acids is 2. The van der Waals surface area contributed by atoms with Gasteiger partial charge in [0.25, 0.3) is 11.7 Å². The predicted molar refractivity (Wildman–Crippen MR) is 131 cm³/mol. The van der Waals surface area contributed by atoms with Gasteiger partial charge in [0.2, 0.25) is 0 Å². The zero-order valence-corrected chi connectivity index (χ0v) is 20.1. The van der Waals surface area contributed by atoms with Crippen LogP contribution in [0.4, 0.5) is 0 Å². The summed E-state index contributed by atoms with van der Waals surface area (Å²) < 4.78 is 5.47. The van der Waals surface area contributed by atoms with Crippen molar-refractivity contribution in [3.8, 4) is 5.75 Å². The quantitative estimate of drug-likeness (QED) is 0.234. The molecule has 0 saturated carbocycles. The number of aliphatic hydroxyl groups excluding tert-OH is 1. The van der Waals surface area contributed by atoms with E-state index < -0.39 is 17.7 Å². The summed E-state index contributed by atoms with van der Waals surface area (Å²) in [5.74, 6) is -1.05. The molecule has 0 aromatic heterocycles. The summed E-state index contributed by atoms with van der Waals surface area (Å²) in [6.45, 7) is 5.04. The third kappa shape index (κ3) is 5.58. The van der Waals surface area contributed by atoms with Crippen LogP contribution in [0.3, 0.4) is 0 Å². The number of amides is 1. The van der Waals surface area contributed by atoms with Gasteiger partial charge in [-0.2, -0.15) is 0 Å². The van der Waals surface area contributed by atoms with Crippen LogP contribution in [-0.4, -0.2) is 60.4 Å². The third-order valence-corrected chi connectivity index (χ3v) is 6.04. The number of nitrogens with zero attached hydrogens (tertiary/aromatic N) is 2. The van der Waals surface area contributed by atoms with E-state index >= 15 is 0 Å². The zero-order chi connectivity index (χ0) is 24.1.